The van der Waals surface area contributed by atoms with Crippen LogP contribution in [0.4, 0.5) is 4.79 Å². The van der Waals surface area contributed by atoms with Crippen LogP contribution in [0.25, 0.3) is 0 Å². The molecule has 1 aliphatic rings. The average molecular weight is 184 g/mol. The van der Waals surface area contributed by atoms with Gasteiger partial charge in [0.1, 0.15) is 0 Å². The van der Waals surface area contributed by atoms with Gasteiger partial charge < -0.3 is 10.6 Å². The van der Waals surface area contributed by atoms with E-state index in [2.05, 4.69) is 45.3 Å². The van der Waals surface area contributed by atoms with Crippen molar-refractivity contribution in [2.45, 2.75) is 46.2 Å². The summed E-state index contributed by atoms with van der Waals surface area (Å²) in [6.45, 7) is 10.7. The molecule has 13 heavy (non-hydrogen) atoms. The smallest absolute Gasteiger partial charge is 0.315 e. The van der Waals surface area contributed by atoms with Crippen LogP contribution in [0.1, 0.15) is 34.6 Å². The topological polar surface area (TPSA) is 41.1 Å². The SMILES string of the molecule is CC(C)C1(C(C)C)NC(=O)NC1C. The summed E-state index contributed by atoms with van der Waals surface area (Å²) in [4.78, 5) is 11.3. The third-order valence-electron chi connectivity index (χ3n) is 3.30. The predicted molar refractivity (Wildman–Crippen MR) is 53.5 cm³/mol. The number of carbonyl (C=O) groups is 1. The summed E-state index contributed by atoms with van der Waals surface area (Å²) in [5.41, 5.74) is -0.0862. The maximum atomic E-state index is 11.3. The largest absolute Gasteiger partial charge is 0.333 e. The highest BCUT2D eigenvalue weighted by Gasteiger charge is 2.48. The van der Waals surface area contributed by atoms with Crippen molar-refractivity contribution in [3.05, 3.63) is 0 Å². The Labute approximate surface area is 80.3 Å². The molecule has 76 valence electrons. The van der Waals surface area contributed by atoms with E-state index >= 15 is 0 Å². The fraction of sp³-hybridized carbons (Fsp3) is 0.900. The highest BCUT2D eigenvalue weighted by atomic mass is 16.2. The maximum absolute atomic E-state index is 11.3. The normalized spacial score (nSPS) is 26.4. The van der Waals surface area contributed by atoms with Crippen molar-refractivity contribution in [3.8, 4) is 0 Å². The molecule has 0 bridgehead atoms. The average Bonchev–Trinajstić information content (AvgIpc) is 2.26. The zero-order valence-corrected chi connectivity index (χ0v) is 9.14. The van der Waals surface area contributed by atoms with Gasteiger partial charge in [-0.15, -0.1) is 0 Å². The molecule has 1 rings (SSSR count). The third-order valence-corrected chi connectivity index (χ3v) is 3.30. The van der Waals surface area contributed by atoms with Gasteiger partial charge in [-0.05, 0) is 18.8 Å². The van der Waals surface area contributed by atoms with Crippen LogP contribution in [-0.4, -0.2) is 17.6 Å². The minimum absolute atomic E-state index is 0.0325. The van der Waals surface area contributed by atoms with E-state index in [0.29, 0.717) is 11.8 Å². The first-order valence-electron chi connectivity index (χ1n) is 5.00. The van der Waals surface area contributed by atoms with Gasteiger partial charge in [-0.1, -0.05) is 27.7 Å². The molecule has 0 aliphatic carbocycles. The monoisotopic (exact) mass is 184 g/mol. The zero-order chi connectivity index (χ0) is 10.2. The molecule has 2 N–H and O–H groups in total. The standard InChI is InChI=1S/C10H20N2O/c1-6(2)10(7(3)4)8(5)11-9(13)12-10/h6-8H,1-5H3,(H2,11,12,13). The van der Waals surface area contributed by atoms with Gasteiger partial charge in [0.25, 0.3) is 0 Å². The van der Waals surface area contributed by atoms with Crippen molar-refractivity contribution >= 4 is 6.03 Å². The Morgan fingerprint density at radius 2 is 1.69 bits per heavy atom. The Balaban J connectivity index is 2.97. The first-order valence-corrected chi connectivity index (χ1v) is 5.00. The molecular weight excluding hydrogens is 164 g/mol. The summed E-state index contributed by atoms with van der Waals surface area (Å²) in [5.74, 6) is 0.892. The van der Waals surface area contributed by atoms with Crippen molar-refractivity contribution in [3.63, 3.8) is 0 Å². The molecule has 1 atom stereocenters. The molecule has 0 radical (unpaired) electrons. The Morgan fingerprint density at radius 3 is 1.85 bits per heavy atom. The van der Waals surface area contributed by atoms with Gasteiger partial charge in [-0.2, -0.15) is 0 Å². The summed E-state index contributed by atoms with van der Waals surface area (Å²) in [6, 6.07) is 0.176. The number of urea groups is 1. The van der Waals surface area contributed by atoms with E-state index in [-0.39, 0.29) is 17.6 Å². The van der Waals surface area contributed by atoms with Crippen LogP contribution >= 0.6 is 0 Å². The Kier molecular flexibility index (Phi) is 2.55. The van der Waals surface area contributed by atoms with E-state index in [1.807, 2.05) is 0 Å². The highest BCUT2D eigenvalue weighted by Crippen LogP contribution is 2.32. The number of hydrogen-bond donors (Lipinski definition) is 2. The van der Waals surface area contributed by atoms with E-state index in [1.165, 1.54) is 0 Å². The second kappa shape index (κ2) is 3.20. The van der Waals surface area contributed by atoms with Crippen LogP contribution in [-0.2, 0) is 0 Å². The highest BCUT2D eigenvalue weighted by molar-refractivity contribution is 5.78. The van der Waals surface area contributed by atoms with Crippen LogP contribution in [0.2, 0.25) is 0 Å². The van der Waals surface area contributed by atoms with E-state index in [4.69, 9.17) is 0 Å². The number of carbonyl (C=O) groups excluding carboxylic acids is 1. The van der Waals surface area contributed by atoms with E-state index in [0.717, 1.165) is 0 Å². The number of rotatable bonds is 2. The van der Waals surface area contributed by atoms with Crippen molar-refractivity contribution in [2.75, 3.05) is 0 Å². The van der Waals surface area contributed by atoms with Gasteiger partial charge in [0.15, 0.2) is 0 Å². The minimum atomic E-state index is -0.0862. The molecule has 2 amide bonds. The molecule has 1 saturated heterocycles. The van der Waals surface area contributed by atoms with Crippen molar-refractivity contribution in [1.29, 1.82) is 0 Å². The molecular formula is C10H20N2O. The molecule has 3 heteroatoms. The molecule has 1 fully saturated rings. The van der Waals surface area contributed by atoms with E-state index in [1.54, 1.807) is 0 Å². The van der Waals surface area contributed by atoms with Crippen LogP contribution in [0.15, 0.2) is 0 Å². The van der Waals surface area contributed by atoms with Gasteiger partial charge in [-0.3, -0.25) is 0 Å². The minimum Gasteiger partial charge on any atom is -0.333 e. The first-order chi connectivity index (χ1) is 5.91. The van der Waals surface area contributed by atoms with Crippen molar-refractivity contribution < 1.29 is 4.79 Å². The Bertz CT molecular complexity index is 203. The molecule has 0 aromatic carbocycles. The molecule has 0 aromatic heterocycles. The lowest BCUT2D eigenvalue weighted by Crippen LogP contribution is -2.56. The van der Waals surface area contributed by atoms with Gasteiger partial charge in [0.2, 0.25) is 0 Å². The lowest BCUT2D eigenvalue weighted by molar-refractivity contribution is 0.171. The number of hydrogen-bond acceptors (Lipinski definition) is 1. The molecule has 1 unspecified atom stereocenters. The molecule has 1 aliphatic heterocycles. The predicted octanol–water partition coefficient (Wildman–Crippen LogP) is 1.74. The van der Waals surface area contributed by atoms with Gasteiger partial charge in [0, 0.05) is 0 Å². The molecule has 0 aromatic rings. The fourth-order valence-electron chi connectivity index (χ4n) is 2.61. The van der Waals surface area contributed by atoms with Gasteiger partial charge in [-0.25, -0.2) is 4.79 Å². The Hall–Kier alpha value is -0.730. The molecule has 3 nitrogen and oxygen atoms in total. The first kappa shape index (κ1) is 10.4. The molecule has 0 saturated carbocycles. The Morgan fingerprint density at radius 1 is 1.23 bits per heavy atom. The van der Waals surface area contributed by atoms with E-state index in [9.17, 15) is 4.79 Å². The molecule has 1 heterocycles. The summed E-state index contributed by atoms with van der Waals surface area (Å²) < 4.78 is 0. The van der Waals surface area contributed by atoms with Crippen LogP contribution in [0.3, 0.4) is 0 Å². The van der Waals surface area contributed by atoms with Crippen LogP contribution in [0, 0.1) is 11.8 Å². The lowest BCUT2D eigenvalue weighted by Gasteiger charge is -2.40. The zero-order valence-electron chi connectivity index (χ0n) is 9.14. The molecule has 0 spiro atoms. The van der Waals surface area contributed by atoms with Gasteiger partial charge >= 0.3 is 6.03 Å². The van der Waals surface area contributed by atoms with Crippen LogP contribution in [0.5, 0.6) is 0 Å². The summed E-state index contributed by atoms with van der Waals surface area (Å²) >= 11 is 0. The van der Waals surface area contributed by atoms with Crippen molar-refractivity contribution in [1.82, 2.24) is 10.6 Å². The van der Waals surface area contributed by atoms with Crippen molar-refractivity contribution in [2.24, 2.45) is 11.8 Å². The van der Waals surface area contributed by atoms with E-state index < -0.39 is 0 Å². The third kappa shape index (κ3) is 1.40. The second-order valence-electron chi connectivity index (χ2n) is 4.56. The summed E-state index contributed by atoms with van der Waals surface area (Å²) in [7, 11) is 0. The van der Waals surface area contributed by atoms with Gasteiger partial charge in [0.05, 0.1) is 11.6 Å². The lowest BCUT2D eigenvalue weighted by atomic mass is 9.73. The quantitative estimate of drug-likeness (QED) is 0.674. The maximum Gasteiger partial charge on any atom is 0.315 e. The summed E-state index contributed by atoms with van der Waals surface area (Å²) in [5, 5.41) is 5.99. The second-order valence-corrected chi connectivity index (χ2v) is 4.56. The van der Waals surface area contributed by atoms with Crippen LogP contribution < -0.4 is 10.6 Å². The fourth-order valence-corrected chi connectivity index (χ4v) is 2.61. The number of amides is 2. The number of nitrogens with one attached hydrogen (secondary N) is 2. The summed E-state index contributed by atoms with van der Waals surface area (Å²) in [6.07, 6.45) is 0.